The van der Waals surface area contributed by atoms with Gasteiger partial charge in [-0.25, -0.2) is 4.39 Å². The lowest BCUT2D eigenvalue weighted by Crippen LogP contribution is -2.32. The third-order valence-corrected chi connectivity index (χ3v) is 3.63. The van der Waals surface area contributed by atoms with Crippen LogP contribution in [0.4, 0.5) is 4.39 Å². The van der Waals surface area contributed by atoms with Crippen molar-refractivity contribution in [3.63, 3.8) is 0 Å². The van der Waals surface area contributed by atoms with E-state index in [1.807, 2.05) is 6.92 Å². The number of benzene rings is 1. The van der Waals surface area contributed by atoms with E-state index in [0.717, 1.165) is 6.42 Å². The van der Waals surface area contributed by atoms with Gasteiger partial charge in [0.1, 0.15) is 5.82 Å². The Balaban J connectivity index is 2.09. The van der Waals surface area contributed by atoms with Crippen LogP contribution < -0.4 is 5.32 Å². The van der Waals surface area contributed by atoms with E-state index < -0.39 is 12.0 Å². The number of hydrogen-bond acceptors (Lipinski definition) is 3. The molecular weight excluding hydrogens is 261 g/mol. The number of amides is 1. The summed E-state index contributed by atoms with van der Waals surface area (Å²) in [7, 11) is 1.30. The molecule has 0 aromatic heterocycles. The third-order valence-electron chi connectivity index (χ3n) is 3.63. The lowest BCUT2D eigenvalue weighted by Gasteiger charge is -2.18. The predicted octanol–water partition coefficient (Wildman–Crippen LogP) is 2.20. The van der Waals surface area contributed by atoms with E-state index in [9.17, 15) is 14.0 Å². The van der Waals surface area contributed by atoms with Gasteiger partial charge in [-0.15, -0.1) is 0 Å². The van der Waals surface area contributed by atoms with Crippen molar-refractivity contribution in [2.45, 2.75) is 25.8 Å². The largest absolute Gasteiger partial charge is 0.469 e. The van der Waals surface area contributed by atoms with E-state index in [4.69, 9.17) is 0 Å². The van der Waals surface area contributed by atoms with Crippen LogP contribution in [0.1, 0.15) is 31.4 Å². The van der Waals surface area contributed by atoms with E-state index in [2.05, 4.69) is 10.1 Å². The highest BCUT2D eigenvalue weighted by Crippen LogP contribution is 2.38. The van der Waals surface area contributed by atoms with Crippen LogP contribution in [0.3, 0.4) is 0 Å². The zero-order valence-electron chi connectivity index (χ0n) is 11.6. The highest BCUT2D eigenvalue weighted by Gasteiger charge is 2.40. The number of rotatable bonds is 5. The highest BCUT2D eigenvalue weighted by molar-refractivity contribution is 5.82. The average molecular weight is 279 g/mol. The number of carbonyl (C=O) groups is 2. The molecule has 3 atom stereocenters. The predicted molar refractivity (Wildman–Crippen MR) is 71.2 cm³/mol. The van der Waals surface area contributed by atoms with Crippen LogP contribution in [0.15, 0.2) is 24.3 Å². The monoisotopic (exact) mass is 279 g/mol. The van der Waals surface area contributed by atoms with Gasteiger partial charge in [0.25, 0.3) is 0 Å². The normalized spacial score (nSPS) is 21.9. The van der Waals surface area contributed by atoms with Crippen LogP contribution in [0, 0.1) is 17.7 Å². The Morgan fingerprint density at radius 2 is 2.00 bits per heavy atom. The van der Waals surface area contributed by atoms with Crippen LogP contribution in [-0.4, -0.2) is 19.0 Å². The van der Waals surface area contributed by atoms with Crippen LogP contribution in [0.25, 0.3) is 0 Å². The Hall–Kier alpha value is -1.91. The van der Waals surface area contributed by atoms with Gasteiger partial charge in [-0.3, -0.25) is 9.59 Å². The summed E-state index contributed by atoms with van der Waals surface area (Å²) in [6, 6.07) is 5.28. The van der Waals surface area contributed by atoms with Gasteiger partial charge in [0, 0.05) is 5.92 Å². The Morgan fingerprint density at radius 1 is 1.40 bits per heavy atom. The summed E-state index contributed by atoms with van der Waals surface area (Å²) in [4.78, 5) is 23.4. The van der Waals surface area contributed by atoms with Gasteiger partial charge < -0.3 is 10.1 Å². The molecule has 1 fully saturated rings. The fraction of sp³-hybridized carbons (Fsp3) is 0.467. The standard InChI is InChI=1S/C15H18FNO3/c1-9-7-12(9)15(19)17-13(8-14(18)20-2)10-3-5-11(16)6-4-10/h3-6,9,12-13H,7-8H2,1-2H3,(H,17,19)/t9-,12+,13+/m1/s1. The Bertz CT molecular complexity index is 500. The smallest absolute Gasteiger partial charge is 0.307 e. The van der Waals surface area contributed by atoms with Crippen molar-refractivity contribution in [1.29, 1.82) is 0 Å². The number of esters is 1. The number of carbonyl (C=O) groups excluding carboxylic acids is 2. The first-order chi connectivity index (χ1) is 9.51. The van der Waals surface area contributed by atoms with Crippen molar-refractivity contribution in [3.8, 4) is 0 Å². The van der Waals surface area contributed by atoms with E-state index in [1.165, 1.54) is 19.2 Å². The van der Waals surface area contributed by atoms with Crippen molar-refractivity contribution >= 4 is 11.9 Å². The molecule has 0 unspecified atom stereocenters. The van der Waals surface area contributed by atoms with Crippen molar-refractivity contribution in [1.82, 2.24) is 5.32 Å². The second kappa shape index (κ2) is 6.03. The minimum absolute atomic E-state index is 0.0237. The SMILES string of the molecule is COC(=O)C[C@H](NC(=O)[C@H]1C[C@H]1C)c1ccc(F)cc1. The van der Waals surface area contributed by atoms with Gasteiger partial charge in [0.05, 0.1) is 19.6 Å². The first-order valence-corrected chi connectivity index (χ1v) is 6.64. The van der Waals surface area contributed by atoms with Gasteiger partial charge in [0.15, 0.2) is 0 Å². The molecule has 1 aliphatic carbocycles. The molecule has 0 aliphatic heterocycles. The molecular formula is C15H18FNO3. The molecule has 108 valence electrons. The summed E-state index contributed by atoms with van der Waals surface area (Å²) in [5.74, 6) is -0.413. The van der Waals surface area contributed by atoms with E-state index in [-0.39, 0.29) is 24.1 Å². The van der Waals surface area contributed by atoms with Gasteiger partial charge in [-0.1, -0.05) is 19.1 Å². The molecule has 0 spiro atoms. The van der Waals surface area contributed by atoms with Crippen LogP contribution in [-0.2, 0) is 14.3 Å². The van der Waals surface area contributed by atoms with Crippen molar-refractivity contribution < 1.29 is 18.7 Å². The van der Waals surface area contributed by atoms with Crippen molar-refractivity contribution in [2.75, 3.05) is 7.11 Å². The Labute approximate surface area is 117 Å². The molecule has 1 N–H and O–H groups in total. The number of nitrogens with one attached hydrogen (secondary N) is 1. The molecule has 1 saturated carbocycles. The minimum Gasteiger partial charge on any atom is -0.469 e. The summed E-state index contributed by atoms with van der Waals surface area (Å²) in [6.45, 7) is 2.01. The zero-order valence-corrected chi connectivity index (χ0v) is 11.6. The third kappa shape index (κ3) is 3.56. The Kier molecular flexibility index (Phi) is 4.37. The number of methoxy groups -OCH3 is 1. The van der Waals surface area contributed by atoms with Gasteiger partial charge >= 0.3 is 5.97 Å². The molecule has 2 rings (SSSR count). The summed E-state index contributed by atoms with van der Waals surface area (Å²) in [5, 5.41) is 2.85. The topological polar surface area (TPSA) is 55.4 Å². The summed E-state index contributed by atoms with van der Waals surface area (Å²) >= 11 is 0. The number of ether oxygens (including phenoxy) is 1. The average Bonchev–Trinajstić information content (AvgIpc) is 3.16. The molecule has 5 heteroatoms. The molecule has 1 aromatic carbocycles. The van der Waals surface area contributed by atoms with Crippen molar-refractivity contribution in [3.05, 3.63) is 35.6 Å². The number of hydrogen-bond donors (Lipinski definition) is 1. The maximum Gasteiger partial charge on any atom is 0.307 e. The fourth-order valence-electron chi connectivity index (χ4n) is 2.16. The highest BCUT2D eigenvalue weighted by atomic mass is 19.1. The molecule has 0 radical (unpaired) electrons. The molecule has 4 nitrogen and oxygen atoms in total. The molecule has 1 amide bonds. The second-order valence-corrected chi connectivity index (χ2v) is 5.21. The van der Waals surface area contributed by atoms with Crippen LogP contribution >= 0.6 is 0 Å². The molecule has 0 bridgehead atoms. The molecule has 1 aromatic rings. The summed E-state index contributed by atoms with van der Waals surface area (Å²) in [5.41, 5.74) is 0.693. The molecule has 0 saturated heterocycles. The van der Waals surface area contributed by atoms with Crippen molar-refractivity contribution in [2.24, 2.45) is 11.8 Å². The first kappa shape index (κ1) is 14.5. The van der Waals surface area contributed by atoms with Crippen LogP contribution in [0.2, 0.25) is 0 Å². The van der Waals surface area contributed by atoms with Gasteiger partial charge in [-0.05, 0) is 30.0 Å². The maximum absolute atomic E-state index is 13.0. The number of halogens is 1. The van der Waals surface area contributed by atoms with Crippen LogP contribution in [0.5, 0.6) is 0 Å². The first-order valence-electron chi connectivity index (χ1n) is 6.64. The lowest BCUT2D eigenvalue weighted by molar-refractivity contribution is -0.141. The lowest BCUT2D eigenvalue weighted by atomic mass is 10.0. The summed E-state index contributed by atoms with van der Waals surface area (Å²) in [6.07, 6.45) is 0.912. The zero-order chi connectivity index (χ0) is 14.7. The quantitative estimate of drug-likeness (QED) is 0.841. The molecule has 1 aliphatic rings. The van der Waals surface area contributed by atoms with Gasteiger partial charge in [-0.2, -0.15) is 0 Å². The van der Waals surface area contributed by atoms with E-state index in [0.29, 0.717) is 11.5 Å². The molecule has 20 heavy (non-hydrogen) atoms. The fourth-order valence-corrected chi connectivity index (χ4v) is 2.16. The Morgan fingerprint density at radius 3 is 2.50 bits per heavy atom. The molecule has 0 heterocycles. The maximum atomic E-state index is 13.0. The second-order valence-electron chi connectivity index (χ2n) is 5.21. The summed E-state index contributed by atoms with van der Waals surface area (Å²) < 4.78 is 17.6. The van der Waals surface area contributed by atoms with Gasteiger partial charge in [0.2, 0.25) is 5.91 Å². The van der Waals surface area contributed by atoms with E-state index in [1.54, 1.807) is 12.1 Å². The minimum atomic E-state index is -0.483. The van der Waals surface area contributed by atoms with E-state index >= 15 is 0 Å².